The molecular formula is C10H16N2O2. The van der Waals surface area contributed by atoms with Crippen LogP contribution in [-0.2, 0) is 17.7 Å². The minimum Gasteiger partial charge on any atom is -0.449 e. The van der Waals surface area contributed by atoms with Crippen molar-refractivity contribution in [3.8, 4) is 0 Å². The van der Waals surface area contributed by atoms with Crippen LogP contribution in [0.25, 0.3) is 0 Å². The number of hydrogen-bond acceptors (Lipinski definition) is 4. The highest BCUT2D eigenvalue weighted by atomic mass is 16.5. The van der Waals surface area contributed by atoms with Crippen molar-refractivity contribution in [1.29, 1.82) is 0 Å². The fourth-order valence-corrected chi connectivity index (χ4v) is 1.73. The van der Waals surface area contributed by atoms with Crippen molar-refractivity contribution in [1.82, 2.24) is 4.98 Å². The predicted octanol–water partition coefficient (Wildman–Crippen LogP) is 1.10. The first-order valence-electron chi connectivity index (χ1n) is 5.09. The van der Waals surface area contributed by atoms with Crippen LogP contribution in [0.2, 0.25) is 0 Å². The molecule has 4 heteroatoms. The van der Waals surface area contributed by atoms with Gasteiger partial charge in [0.2, 0.25) is 0 Å². The second kappa shape index (κ2) is 4.57. The minimum absolute atomic E-state index is 0.456. The van der Waals surface area contributed by atoms with Crippen molar-refractivity contribution in [2.75, 3.05) is 13.2 Å². The molecule has 78 valence electrons. The normalized spacial score (nSPS) is 18.6. The SMILES string of the molecule is NCc1coc(CC2CCOCC2)n1. The standard InChI is InChI=1S/C10H16N2O2/c11-6-9-7-14-10(12-9)5-8-1-3-13-4-2-8/h7-8H,1-6,11H2. The second-order valence-electron chi connectivity index (χ2n) is 3.70. The van der Waals surface area contributed by atoms with Gasteiger partial charge in [0.05, 0.1) is 5.69 Å². The van der Waals surface area contributed by atoms with Crippen LogP contribution < -0.4 is 5.73 Å². The van der Waals surface area contributed by atoms with Crippen molar-refractivity contribution in [2.45, 2.75) is 25.8 Å². The van der Waals surface area contributed by atoms with Crippen LogP contribution in [0.5, 0.6) is 0 Å². The van der Waals surface area contributed by atoms with Crippen LogP contribution in [0.4, 0.5) is 0 Å². The lowest BCUT2D eigenvalue weighted by Crippen LogP contribution is -2.17. The highest BCUT2D eigenvalue weighted by molar-refractivity contribution is 4.96. The van der Waals surface area contributed by atoms with E-state index < -0.39 is 0 Å². The zero-order valence-corrected chi connectivity index (χ0v) is 8.24. The molecule has 0 aromatic carbocycles. The fraction of sp³-hybridized carbons (Fsp3) is 0.700. The first-order valence-corrected chi connectivity index (χ1v) is 5.09. The molecule has 1 fully saturated rings. The molecule has 1 aromatic rings. The fourth-order valence-electron chi connectivity index (χ4n) is 1.73. The highest BCUT2D eigenvalue weighted by Crippen LogP contribution is 2.19. The van der Waals surface area contributed by atoms with Crippen molar-refractivity contribution in [3.05, 3.63) is 17.8 Å². The quantitative estimate of drug-likeness (QED) is 0.786. The molecule has 1 aromatic heterocycles. The van der Waals surface area contributed by atoms with Crippen LogP contribution in [0, 0.1) is 5.92 Å². The summed E-state index contributed by atoms with van der Waals surface area (Å²) in [5.74, 6) is 1.48. The highest BCUT2D eigenvalue weighted by Gasteiger charge is 2.16. The van der Waals surface area contributed by atoms with E-state index in [9.17, 15) is 0 Å². The van der Waals surface area contributed by atoms with Gasteiger partial charge in [-0.25, -0.2) is 4.98 Å². The number of nitrogens with two attached hydrogens (primary N) is 1. The number of nitrogens with zero attached hydrogens (tertiary/aromatic N) is 1. The molecule has 1 saturated heterocycles. The number of hydrogen-bond donors (Lipinski definition) is 1. The third kappa shape index (κ3) is 2.33. The molecule has 0 aliphatic carbocycles. The molecule has 1 aliphatic heterocycles. The van der Waals surface area contributed by atoms with E-state index in [0.717, 1.165) is 44.1 Å². The zero-order chi connectivity index (χ0) is 9.80. The Balaban J connectivity index is 1.89. The maximum Gasteiger partial charge on any atom is 0.194 e. The molecule has 0 atom stereocenters. The lowest BCUT2D eigenvalue weighted by Gasteiger charge is -2.20. The van der Waals surface area contributed by atoms with E-state index in [1.165, 1.54) is 0 Å². The predicted molar refractivity (Wildman–Crippen MR) is 51.6 cm³/mol. The lowest BCUT2D eigenvalue weighted by atomic mass is 9.97. The molecule has 0 amide bonds. The summed E-state index contributed by atoms with van der Waals surface area (Å²) in [5.41, 5.74) is 6.29. The van der Waals surface area contributed by atoms with Gasteiger partial charge in [0, 0.05) is 26.2 Å². The summed E-state index contributed by atoms with van der Waals surface area (Å²) >= 11 is 0. The maximum absolute atomic E-state index is 5.45. The third-order valence-corrected chi connectivity index (χ3v) is 2.61. The van der Waals surface area contributed by atoms with Gasteiger partial charge in [-0.15, -0.1) is 0 Å². The van der Waals surface area contributed by atoms with Gasteiger partial charge in [-0.2, -0.15) is 0 Å². The van der Waals surface area contributed by atoms with E-state index in [4.69, 9.17) is 14.9 Å². The summed E-state index contributed by atoms with van der Waals surface area (Å²) < 4.78 is 10.6. The van der Waals surface area contributed by atoms with Gasteiger partial charge < -0.3 is 14.9 Å². The van der Waals surface area contributed by atoms with Gasteiger partial charge in [-0.1, -0.05) is 0 Å². The van der Waals surface area contributed by atoms with Crippen LogP contribution in [-0.4, -0.2) is 18.2 Å². The summed E-state index contributed by atoms with van der Waals surface area (Å²) in [7, 11) is 0. The average Bonchev–Trinajstić information content (AvgIpc) is 2.67. The molecule has 0 saturated carbocycles. The molecule has 0 spiro atoms. The summed E-state index contributed by atoms with van der Waals surface area (Å²) in [6.07, 6.45) is 4.79. The molecule has 14 heavy (non-hydrogen) atoms. The Bertz CT molecular complexity index is 279. The largest absolute Gasteiger partial charge is 0.449 e. The molecule has 2 heterocycles. The molecule has 4 nitrogen and oxygen atoms in total. The van der Waals surface area contributed by atoms with E-state index >= 15 is 0 Å². The van der Waals surface area contributed by atoms with Gasteiger partial charge >= 0.3 is 0 Å². The molecule has 0 bridgehead atoms. The van der Waals surface area contributed by atoms with Crippen molar-refractivity contribution >= 4 is 0 Å². The lowest BCUT2D eigenvalue weighted by molar-refractivity contribution is 0.0647. The van der Waals surface area contributed by atoms with Crippen LogP contribution in [0.3, 0.4) is 0 Å². The third-order valence-electron chi connectivity index (χ3n) is 2.61. The van der Waals surface area contributed by atoms with Crippen molar-refractivity contribution < 1.29 is 9.15 Å². The second-order valence-corrected chi connectivity index (χ2v) is 3.70. The minimum atomic E-state index is 0.456. The van der Waals surface area contributed by atoms with E-state index in [0.29, 0.717) is 12.5 Å². The molecular weight excluding hydrogens is 180 g/mol. The van der Waals surface area contributed by atoms with Crippen LogP contribution in [0.15, 0.2) is 10.7 Å². The molecule has 0 unspecified atom stereocenters. The van der Waals surface area contributed by atoms with Crippen LogP contribution in [0.1, 0.15) is 24.4 Å². The zero-order valence-electron chi connectivity index (χ0n) is 8.24. The van der Waals surface area contributed by atoms with Crippen molar-refractivity contribution in [2.24, 2.45) is 11.7 Å². The number of ether oxygens (including phenoxy) is 1. The topological polar surface area (TPSA) is 61.3 Å². The van der Waals surface area contributed by atoms with Gasteiger partial charge in [0.15, 0.2) is 5.89 Å². The van der Waals surface area contributed by atoms with E-state index in [1.54, 1.807) is 6.26 Å². The number of rotatable bonds is 3. The average molecular weight is 196 g/mol. The van der Waals surface area contributed by atoms with E-state index in [2.05, 4.69) is 4.98 Å². The summed E-state index contributed by atoms with van der Waals surface area (Å²) in [6.45, 7) is 2.20. The van der Waals surface area contributed by atoms with Crippen molar-refractivity contribution in [3.63, 3.8) is 0 Å². The first kappa shape index (κ1) is 9.68. The molecule has 0 radical (unpaired) electrons. The Morgan fingerprint density at radius 2 is 2.21 bits per heavy atom. The Morgan fingerprint density at radius 1 is 1.43 bits per heavy atom. The smallest absolute Gasteiger partial charge is 0.194 e. The Labute approximate surface area is 83.4 Å². The summed E-state index contributed by atoms with van der Waals surface area (Å²) in [6, 6.07) is 0. The molecule has 1 aliphatic rings. The number of oxazole rings is 1. The molecule has 2 rings (SSSR count). The van der Waals surface area contributed by atoms with E-state index in [1.807, 2.05) is 0 Å². The van der Waals surface area contributed by atoms with Crippen LogP contribution >= 0.6 is 0 Å². The Morgan fingerprint density at radius 3 is 2.86 bits per heavy atom. The summed E-state index contributed by atoms with van der Waals surface area (Å²) in [5, 5.41) is 0. The van der Waals surface area contributed by atoms with Gasteiger partial charge in [0.1, 0.15) is 6.26 Å². The van der Waals surface area contributed by atoms with Gasteiger partial charge in [0.25, 0.3) is 0 Å². The summed E-state index contributed by atoms with van der Waals surface area (Å²) in [4.78, 5) is 4.29. The Hall–Kier alpha value is -0.870. The first-order chi connectivity index (χ1) is 6.88. The van der Waals surface area contributed by atoms with Gasteiger partial charge in [-0.05, 0) is 18.8 Å². The molecule has 2 N–H and O–H groups in total. The Kier molecular flexibility index (Phi) is 3.16. The van der Waals surface area contributed by atoms with Gasteiger partial charge in [-0.3, -0.25) is 0 Å². The monoisotopic (exact) mass is 196 g/mol. The number of aromatic nitrogens is 1. The maximum atomic E-state index is 5.45. The van der Waals surface area contributed by atoms with E-state index in [-0.39, 0.29) is 0 Å².